The molecule has 0 aliphatic rings. The van der Waals surface area contributed by atoms with Crippen molar-refractivity contribution in [3.8, 4) is 6.07 Å². The van der Waals surface area contributed by atoms with E-state index in [1.807, 2.05) is 36.4 Å². The Balaban J connectivity index is 1.87. The SMILES string of the molecule is N#Cc1ccc(CCC(=O)Nc2cccc(Br)c2)cc1. The number of anilines is 1. The van der Waals surface area contributed by atoms with Crippen LogP contribution in [0.4, 0.5) is 5.69 Å². The second kappa shape index (κ2) is 6.88. The maximum Gasteiger partial charge on any atom is 0.224 e. The van der Waals surface area contributed by atoms with Gasteiger partial charge in [0.2, 0.25) is 5.91 Å². The third-order valence-electron chi connectivity index (χ3n) is 2.83. The fraction of sp³-hybridized carbons (Fsp3) is 0.125. The van der Waals surface area contributed by atoms with Crippen LogP contribution in [-0.2, 0) is 11.2 Å². The number of nitriles is 1. The minimum atomic E-state index is -0.0209. The summed E-state index contributed by atoms with van der Waals surface area (Å²) in [5, 5.41) is 11.6. The van der Waals surface area contributed by atoms with E-state index in [0.717, 1.165) is 15.7 Å². The fourth-order valence-electron chi connectivity index (χ4n) is 1.79. The van der Waals surface area contributed by atoms with Crippen LogP contribution in [0.1, 0.15) is 17.5 Å². The average Bonchev–Trinajstić information content (AvgIpc) is 2.46. The third-order valence-corrected chi connectivity index (χ3v) is 3.33. The van der Waals surface area contributed by atoms with Gasteiger partial charge in [0.25, 0.3) is 0 Å². The van der Waals surface area contributed by atoms with Crippen molar-refractivity contribution >= 4 is 27.5 Å². The van der Waals surface area contributed by atoms with Gasteiger partial charge in [-0.25, -0.2) is 0 Å². The van der Waals surface area contributed by atoms with Gasteiger partial charge in [0.1, 0.15) is 0 Å². The zero-order chi connectivity index (χ0) is 14.4. The fourth-order valence-corrected chi connectivity index (χ4v) is 2.19. The molecule has 3 nitrogen and oxygen atoms in total. The molecule has 0 saturated heterocycles. The predicted octanol–water partition coefficient (Wildman–Crippen LogP) is 3.89. The Morgan fingerprint density at radius 3 is 2.60 bits per heavy atom. The summed E-state index contributed by atoms with van der Waals surface area (Å²) in [7, 11) is 0. The molecule has 20 heavy (non-hydrogen) atoms. The Morgan fingerprint density at radius 2 is 1.95 bits per heavy atom. The lowest BCUT2D eigenvalue weighted by molar-refractivity contribution is -0.116. The van der Waals surface area contributed by atoms with Crippen LogP contribution in [0.15, 0.2) is 53.0 Å². The number of amides is 1. The molecule has 0 aromatic heterocycles. The van der Waals surface area contributed by atoms with Crippen molar-refractivity contribution in [2.24, 2.45) is 0 Å². The van der Waals surface area contributed by atoms with Crippen molar-refractivity contribution in [3.63, 3.8) is 0 Å². The van der Waals surface area contributed by atoms with E-state index in [1.54, 1.807) is 12.1 Å². The zero-order valence-corrected chi connectivity index (χ0v) is 12.4. The van der Waals surface area contributed by atoms with Crippen LogP contribution in [0, 0.1) is 11.3 Å². The summed E-state index contributed by atoms with van der Waals surface area (Å²) < 4.78 is 0.933. The standard InChI is InChI=1S/C16H13BrN2O/c17-14-2-1-3-15(10-14)19-16(20)9-8-12-4-6-13(11-18)7-5-12/h1-7,10H,8-9H2,(H,19,20). The molecule has 0 bridgehead atoms. The topological polar surface area (TPSA) is 52.9 Å². The van der Waals surface area contributed by atoms with Gasteiger partial charge in [0, 0.05) is 16.6 Å². The van der Waals surface area contributed by atoms with Gasteiger partial charge in [-0.1, -0.05) is 34.1 Å². The summed E-state index contributed by atoms with van der Waals surface area (Å²) >= 11 is 3.36. The molecule has 0 aliphatic carbocycles. The van der Waals surface area contributed by atoms with Gasteiger partial charge in [-0.05, 0) is 42.3 Å². The maximum atomic E-state index is 11.8. The van der Waals surface area contributed by atoms with Crippen molar-refractivity contribution in [2.45, 2.75) is 12.8 Å². The monoisotopic (exact) mass is 328 g/mol. The molecule has 0 radical (unpaired) electrons. The van der Waals surface area contributed by atoms with Crippen molar-refractivity contribution < 1.29 is 4.79 Å². The zero-order valence-electron chi connectivity index (χ0n) is 10.8. The smallest absolute Gasteiger partial charge is 0.224 e. The molecule has 0 fully saturated rings. The molecular weight excluding hydrogens is 316 g/mol. The maximum absolute atomic E-state index is 11.8. The number of carbonyl (C=O) groups excluding carboxylic acids is 1. The van der Waals surface area contributed by atoms with Crippen molar-refractivity contribution in [2.75, 3.05) is 5.32 Å². The van der Waals surface area contributed by atoms with Gasteiger partial charge in [-0.15, -0.1) is 0 Å². The van der Waals surface area contributed by atoms with Crippen LogP contribution in [0.2, 0.25) is 0 Å². The van der Waals surface area contributed by atoms with E-state index >= 15 is 0 Å². The number of hydrogen-bond acceptors (Lipinski definition) is 2. The Bertz CT molecular complexity index is 644. The van der Waals surface area contributed by atoms with Crippen molar-refractivity contribution in [1.82, 2.24) is 0 Å². The van der Waals surface area contributed by atoms with Gasteiger partial charge in [0.15, 0.2) is 0 Å². The number of halogens is 1. The number of nitrogens with zero attached hydrogens (tertiary/aromatic N) is 1. The van der Waals surface area contributed by atoms with Crippen LogP contribution >= 0.6 is 15.9 Å². The van der Waals surface area contributed by atoms with Gasteiger partial charge in [0.05, 0.1) is 11.6 Å². The Hall–Kier alpha value is -2.12. The highest BCUT2D eigenvalue weighted by Crippen LogP contribution is 2.16. The minimum absolute atomic E-state index is 0.0209. The number of aryl methyl sites for hydroxylation is 1. The molecule has 0 heterocycles. The lowest BCUT2D eigenvalue weighted by Gasteiger charge is -2.05. The minimum Gasteiger partial charge on any atom is -0.326 e. The second-order valence-corrected chi connectivity index (χ2v) is 5.28. The van der Waals surface area contributed by atoms with Crippen LogP contribution in [0.3, 0.4) is 0 Å². The lowest BCUT2D eigenvalue weighted by atomic mass is 10.1. The molecule has 0 unspecified atom stereocenters. The Morgan fingerprint density at radius 1 is 1.20 bits per heavy atom. The Labute approximate surface area is 126 Å². The highest BCUT2D eigenvalue weighted by Gasteiger charge is 2.03. The van der Waals surface area contributed by atoms with Crippen LogP contribution in [0.25, 0.3) is 0 Å². The molecule has 1 amide bonds. The first-order chi connectivity index (χ1) is 9.67. The summed E-state index contributed by atoms with van der Waals surface area (Å²) in [6.45, 7) is 0. The first-order valence-corrected chi connectivity index (χ1v) is 7.01. The number of carbonyl (C=O) groups is 1. The summed E-state index contributed by atoms with van der Waals surface area (Å²) in [5.41, 5.74) is 2.46. The lowest BCUT2D eigenvalue weighted by Crippen LogP contribution is -2.12. The first-order valence-electron chi connectivity index (χ1n) is 6.22. The summed E-state index contributed by atoms with van der Waals surface area (Å²) in [6.07, 6.45) is 1.07. The van der Waals surface area contributed by atoms with Crippen molar-refractivity contribution in [1.29, 1.82) is 5.26 Å². The molecule has 100 valence electrons. The Kier molecular flexibility index (Phi) is 4.91. The first kappa shape index (κ1) is 14.3. The second-order valence-electron chi connectivity index (χ2n) is 4.37. The molecule has 0 spiro atoms. The molecule has 2 aromatic rings. The van der Waals surface area contributed by atoms with E-state index < -0.39 is 0 Å². The van der Waals surface area contributed by atoms with E-state index in [-0.39, 0.29) is 5.91 Å². The molecule has 1 N–H and O–H groups in total. The number of rotatable bonds is 4. The van der Waals surface area contributed by atoms with E-state index in [9.17, 15) is 4.79 Å². The van der Waals surface area contributed by atoms with Gasteiger partial charge in [-0.3, -0.25) is 4.79 Å². The number of hydrogen-bond donors (Lipinski definition) is 1. The highest BCUT2D eigenvalue weighted by molar-refractivity contribution is 9.10. The van der Waals surface area contributed by atoms with Gasteiger partial charge < -0.3 is 5.32 Å². The van der Waals surface area contributed by atoms with E-state index in [4.69, 9.17) is 5.26 Å². The quantitative estimate of drug-likeness (QED) is 0.925. The van der Waals surface area contributed by atoms with Crippen LogP contribution in [0.5, 0.6) is 0 Å². The summed E-state index contributed by atoms with van der Waals surface area (Å²) in [5.74, 6) is -0.0209. The van der Waals surface area contributed by atoms with Crippen molar-refractivity contribution in [3.05, 3.63) is 64.1 Å². The summed E-state index contributed by atoms with van der Waals surface area (Å²) in [4.78, 5) is 11.8. The summed E-state index contributed by atoms with van der Waals surface area (Å²) in [6, 6.07) is 16.9. The highest BCUT2D eigenvalue weighted by atomic mass is 79.9. The van der Waals surface area contributed by atoms with E-state index in [1.165, 1.54) is 0 Å². The molecule has 4 heteroatoms. The average molecular weight is 329 g/mol. The molecule has 0 atom stereocenters. The van der Waals surface area contributed by atoms with E-state index in [0.29, 0.717) is 18.4 Å². The number of benzene rings is 2. The number of nitrogens with one attached hydrogen (secondary N) is 1. The van der Waals surface area contributed by atoms with Crippen LogP contribution in [-0.4, -0.2) is 5.91 Å². The molecule has 2 rings (SSSR count). The normalized spacial score (nSPS) is 9.80. The van der Waals surface area contributed by atoms with Gasteiger partial charge >= 0.3 is 0 Å². The molecule has 0 saturated carbocycles. The molecule has 2 aromatic carbocycles. The van der Waals surface area contributed by atoms with Gasteiger partial charge in [-0.2, -0.15) is 5.26 Å². The molecular formula is C16H13BrN2O. The predicted molar refractivity (Wildman–Crippen MR) is 82.2 cm³/mol. The largest absolute Gasteiger partial charge is 0.326 e. The van der Waals surface area contributed by atoms with Crippen LogP contribution < -0.4 is 5.32 Å². The molecule has 0 aliphatic heterocycles. The van der Waals surface area contributed by atoms with E-state index in [2.05, 4.69) is 27.3 Å². The third kappa shape index (κ3) is 4.22.